The predicted octanol–water partition coefficient (Wildman–Crippen LogP) is 1.96. The molecule has 0 unspecified atom stereocenters. The maximum Gasteiger partial charge on any atom is 0.325 e. The number of benzene rings is 2. The van der Waals surface area contributed by atoms with Gasteiger partial charge in [-0.1, -0.05) is 24.3 Å². The molecule has 2 fully saturated rings. The van der Waals surface area contributed by atoms with Crippen LogP contribution >= 0.6 is 0 Å². The van der Waals surface area contributed by atoms with Crippen LogP contribution < -0.4 is 15.0 Å². The summed E-state index contributed by atoms with van der Waals surface area (Å²) in [7, 11) is 3.22. The van der Waals surface area contributed by atoms with E-state index in [1.165, 1.54) is 4.90 Å². The molecular formula is C25H30N4O5. The number of urea groups is 1. The van der Waals surface area contributed by atoms with Crippen molar-refractivity contribution >= 4 is 23.5 Å². The van der Waals surface area contributed by atoms with Crippen LogP contribution in [0.2, 0.25) is 0 Å². The number of carbonyl (C=O) groups is 3. The van der Waals surface area contributed by atoms with E-state index in [-0.39, 0.29) is 12.5 Å². The molecule has 9 heteroatoms. The van der Waals surface area contributed by atoms with E-state index in [4.69, 9.17) is 9.47 Å². The second-order valence-corrected chi connectivity index (χ2v) is 8.69. The van der Waals surface area contributed by atoms with Gasteiger partial charge in [0.1, 0.15) is 17.8 Å². The van der Waals surface area contributed by atoms with Gasteiger partial charge >= 0.3 is 6.03 Å². The van der Waals surface area contributed by atoms with Gasteiger partial charge in [-0.2, -0.15) is 0 Å². The fourth-order valence-corrected chi connectivity index (χ4v) is 4.21. The van der Waals surface area contributed by atoms with Crippen molar-refractivity contribution in [3.8, 4) is 5.75 Å². The van der Waals surface area contributed by atoms with Crippen molar-refractivity contribution < 1.29 is 23.9 Å². The zero-order valence-electron chi connectivity index (χ0n) is 19.7. The first-order valence-corrected chi connectivity index (χ1v) is 11.3. The Morgan fingerprint density at radius 2 is 1.74 bits per heavy atom. The van der Waals surface area contributed by atoms with Crippen molar-refractivity contribution in [1.29, 1.82) is 0 Å². The molecule has 9 nitrogen and oxygen atoms in total. The van der Waals surface area contributed by atoms with Crippen LogP contribution in [0.15, 0.2) is 48.5 Å². The van der Waals surface area contributed by atoms with Crippen molar-refractivity contribution in [2.75, 3.05) is 51.9 Å². The van der Waals surface area contributed by atoms with Crippen LogP contribution in [0.25, 0.3) is 0 Å². The third-order valence-corrected chi connectivity index (χ3v) is 6.39. The van der Waals surface area contributed by atoms with Gasteiger partial charge in [-0.15, -0.1) is 0 Å². The Kier molecular flexibility index (Phi) is 6.74. The lowest BCUT2D eigenvalue weighted by atomic mass is 9.92. The molecule has 2 heterocycles. The molecule has 1 N–H and O–H groups in total. The third kappa shape index (κ3) is 4.70. The molecule has 34 heavy (non-hydrogen) atoms. The Bertz CT molecular complexity index is 1050. The summed E-state index contributed by atoms with van der Waals surface area (Å²) in [6.07, 6.45) is 0. The van der Waals surface area contributed by atoms with Crippen LogP contribution in [-0.4, -0.2) is 74.7 Å². The standard InChI is InChI=1S/C25H30N4O5/c1-25(19-6-10-21(33-3)11-7-19)23(31)29(24(32)26-25)17-22(30)27(2)16-18-4-8-20(9-5-18)28-12-14-34-15-13-28/h4-11H,12-17H2,1-3H3,(H,26,32)/t25-/m1/s1. The summed E-state index contributed by atoms with van der Waals surface area (Å²) >= 11 is 0. The lowest BCUT2D eigenvalue weighted by Gasteiger charge is -2.29. The lowest BCUT2D eigenvalue weighted by Crippen LogP contribution is -2.43. The Hall–Kier alpha value is -3.59. The number of methoxy groups -OCH3 is 1. The van der Waals surface area contributed by atoms with Crippen molar-refractivity contribution in [2.45, 2.75) is 19.0 Å². The van der Waals surface area contributed by atoms with Crippen LogP contribution in [0, 0.1) is 0 Å². The number of nitrogens with zero attached hydrogens (tertiary/aromatic N) is 3. The number of imide groups is 1. The first-order valence-electron chi connectivity index (χ1n) is 11.3. The first-order chi connectivity index (χ1) is 16.3. The van der Waals surface area contributed by atoms with E-state index in [2.05, 4.69) is 10.2 Å². The van der Waals surface area contributed by atoms with E-state index >= 15 is 0 Å². The number of carbonyl (C=O) groups excluding carboxylic acids is 3. The number of ether oxygens (including phenoxy) is 2. The minimum Gasteiger partial charge on any atom is -0.497 e. The first kappa shape index (κ1) is 23.6. The van der Waals surface area contributed by atoms with Crippen LogP contribution in [0.4, 0.5) is 10.5 Å². The third-order valence-electron chi connectivity index (χ3n) is 6.39. The van der Waals surface area contributed by atoms with Crippen molar-refractivity contribution in [3.63, 3.8) is 0 Å². The van der Waals surface area contributed by atoms with E-state index in [0.29, 0.717) is 17.9 Å². The highest BCUT2D eigenvalue weighted by Crippen LogP contribution is 2.30. The smallest absolute Gasteiger partial charge is 0.325 e. The number of rotatable bonds is 7. The van der Waals surface area contributed by atoms with E-state index in [0.717, 1.165) is 42.5 Å². The summed E-state index contributed by atoms with van der Waals surface area (Å²) in [6.45, 7) is 4.86. The normalized spacial score (nSPS) is 20.3. The quantitative estimate of drug-likeness (QED) is 0.628. The summed E-state index contributed by atoms with van der Waals surface area (Å²) in [4.78, 5) is 43.3. The molecule has 0 aromatic heterocycles. The van der Waals surface area contributed by atoms with Gasteiger partial charge in [0.25, 0.3) is 5.91 Å². The average Bonchev–Trinajstić information content (AvgIpc) is 3.08. The molecule has 2 aromatic carbocycles. The summed E-state index contributed by atoms with van der Waals surface area (Å²) in [6, 6.07) is 14.4. The SMILES string of the molecule is COc1ccc([C@@]2(C)NC(=O)N(CC(=O)N(C)Cc3ccc(N4CCOCC4)cc3)C2=O)cc1. The zero-order chi connectivity index (χ0) is 24.3. The lowest BCUT2D eigenvalue weighted by molar-refractivity contribution is -0.138. The summed E-state index contributed by atoms with van der Waals surface area (Å²) < 4.78 is 10.6. The number of hydrogen-bond acceptors (Lipinski definition) is 6. The van der Waals surface area contributed by atoms with Crippen molar-refractivity contribution in [1.82, 2.24) is 15.1 Å². The molecule has 2 aliphatic heterocycles. The number of amides is 4. The van der Waals surface area contributed by atoms with Crippen molar-refractivity contribution in [3.05, 3.63) is 59.7 Å². The molecule has 2 saturated heterocycles. The topological polar surface area (TPSA) is 91.4 Å². The second kappa shape index (κ2) is 9.72. The van der Waals surface area contributed by atoms with Crippen molar-refractivity contribution in [2.24, 2.45) is 0 Å². The molecule has 1 atom stereocenters. The highest BCUT2D eigenvalue weighted by atomic mass is 16.5. The Morgan fingerprint density at radius 3 is 2.35 bits per heavy atom. The fraction of sp³-hybridized carbons (Fsp3) is 0.400. The van der Waals surface area contributed by atoms with Gasteiger partial charge in [-0.25, -0.2) is 4.79 Å². The van der Waals surface area contributed by atoms with E-state index in [1.807, 2.05) is 24.3 Å². The summed E-state index contributed by atoms with van der Waals surface area (Å²) in [5.74, 6) is -0.130. The molecule has 2 aromatic rings. The highest BCUT2D eigenvalue weighted by molar-refractivity contribution is 6.09. The average molecular weight is 467 g/mol. The number of morpholine rings is 1. The van der Waals surface area contributed by atoms with Gasteiger partial charge in [0.2, 0.25) is 5.91 Å². The monoisotopic (exact) mass is 466 g/mol. The van der Waals surface area contributed by atoms with Crippen LogP contribution in [0.5, 0.6) is 5.75 Å². The largest absolute Gasteiger partial charge is 0.497 e. The molecule has 2 aliphatic rings. The number of anilines is 1. The Morgan fingerprint density at radius 1 is 1.09 bits per heavy atom. The molecule has 0 saturated carbocycles. The maximum atomic E-state index is 13.1. The van der Waals surface area contributed by atoms with Gasteiger partial charge in [0.15, 0.2) is 0 Å². The van der Waals surface area contributed by atoms with E-state index < -0.39 is 17.5 Å². The number of hydrogen-bond donors (Lipinski definition) is 1. The molecule has 180 valence electrons. The summed E-state index contributed by atoms with van der Waals surface area (Å²) in [5.41, 5.74) is 1.47. The van der Waals surface area contributed by atoms with E-state index in [1.54, 1.807) is 45.3 Å². The predicted molar refractivity (Wildman–Crippen MR) is 127 cm³/mol. The van der Waals surface area contributed by atoms with Gasteiger partial charge in [0, 0.05) is 32.4 Å². The Labute approximate surface area is 199 Å². The highest BCUT2D eigenvalue weighted by Gasteiger charge is 2.49. The summed E-state index contributed by atoms with van der Waals surface area (Å²) in [5, 5.41) is 2.73. The molecule has 0 aliphatic carbocycles. The molecule has 0 radical (unpaired) electrons. The second-order valence-electron chi connectivity index (χ2n) is 8.69. The Balaban J connectivity index is 1.37. The zero-order valence-corrected chi connectivity index (χ0v) is 19.7. The molecular weight excluding hydrogens is 436 g/mol. The maximum absolute atomic E-state index is 13.1. The minimum absolute atomic E-state index is 0.320. The van der Waals surface area contributed by atoms with Gasteiger partial charge < -0.3 is 24.6 Å². The molecule has 4 rings (SSSR count). The van der Waals surface area contributed by atoms with Crippen LogP contribution in [0.3, 0.4) is 0 Å². The molecule has 0 bridgehead atoms. The van der Waals surface area contributed by atoms with Gasteiger partial charge in [0.05, 0.1) is 20.3 Å². The van der Waals surface area contributed by atoms with Gasteiger partial charge in [-0.3, -0.25) is 14.5 Å². The molecule has 0 spiro atoms. The number of nitrogens with one attached hydrogen (secondary N) is 1. The number of likely N-dealkylation sites (N-methyl/N-ethyl adjacent to an activating group) is 1. The molecule has 4 amide bonds. The minimum atomic E-state index is -1.24. The van der Waals surface area contributed by atoms with Crippen LogP contribution in [0.1, 0.15) is 18.1 Å². The van der Waals surface area contributed by atoms with E-state index in [9.17, 15) is 14.4 Å². The fourth-order valence-electron chi connectivity index (χ4n) is 4.21. The van der Waals surface area contributed by atoms with Gasteiger partial charge in [-0.05, 0) is 42.3 Å². The van der Waals surface area contributed by atoms with Crippen LogP contribution in [-0.2, 0) is 26.4 Å².